The summed E-state index contributed by atoms with van der Waals surface area (Å²) in [4.78, 5) is 4.22. The number of aromatic nitrogens is 1. The molecule has 2 rings (SSSR count). The van der Waals surface area contributed by atoms with Crippen LogP contribution in [0, 0.1) is 12.7 Å². The Bertz CT molecular complexity index is 581. The SMILES string of the molecule is CCCOc1cncc(C(NC)c2cc(C)cc(F)c2)c1. The predicted molar refractivity (Wildman–Crippen MR) is 82.1 cm³/mol. The highest BCUT2D eigenvalue weighted by Gasteiger charge is 2.14. The molecule has 4 heteroatoms. The van der Waals surface area contributed by atoms with E-state index in [1.54, 1.807) is 18.5 Å². The molecule has 3 nitrogen and oxygen atoms in total. The lowest BCUT2D eigenvalue weighted by Gasteiger charge is -2.18. The second-order valence-corrected chi connectivity index (χ2v) is 5.09. The van der Waals surface area contributed by atoms with Gasteiger partial charge in [0.2, 0.25) is 0 Å². The number of nitrogens with one attached hydrogen (secondary N) is 1. The minimum Gasteiger partial charge on any atom is -0.492 e. The van der Waals surface area contributed by atoms with Crippen molar-refractivity contribution in [2.45, 2.75) is 26.3 Å². The van der Waals surface area contributed by atoms with Crippen molar-refractivity contribution in [3.63, 3.8) is 0 Å². The second kappa shape index (κ2) is 7.18. The molecule has 1 aromatic carbocycles. The molecule has 112 valence electrons. The summed E-state index contributed by atoms with van der Waals surface area (Å²) in [6.45, 7) is 4.61. The Labute approximate surface area is 125 Å². The lowest BCUT2D eigenvalue weighted by Crippen LogP contribution is -2.18. The van der Waals surface area contributed by atoms with Gasteiger partial charge in [0.15, 0.2) is 0 Å². The highest BCUT2D eigenvalue weighted by atomic mass is 19.1. The molecule has 1 unspecified atom stereocenters. The fraction of sp³-hybridized carbons (Fsp3) is 0.353. The summed E-state index contributed by atoms with van der Waals surface area (Å²) in [5.41, 5.74) is 2.73. The molecule has 2 aromatic rings. The van der Waals surface area contributed by atoms with Crippen LogP contribution in [0.4, 0.5) is 4.39 Å². The van der Waals surface area contributed by atoms with Gasteiger partial charge in [-0.05, 0) is 55.3 Å². The molecular weight excluding hydrogens is 267 g/mol. The number of rotatable bonds is 6. The normalized spacial score (nSPS) is 12.2. The Morgan fingerprint density at radius 1 is 1.19 bits per heavy atom. The zero-order valence-electron chi connectivity index (χ0n) is 12.7. The van der Waals surface area contributed by atoms with Gasteiger partial charge >= 0.3 is 0 Å². The Balaban J connectivity index is 2.32. The van der Waals surface area contributed by atoms with Crippen molar-refractivity contribution in [2.75, 3.05) is 13.7 Å². The fourth-order valence-corrected chi connectivity index (χ4v) is 2.35. The number of pyridine rings is 1. The van der Waals surface area contributed by atoms with Gasteiger partial charge < -0.3 is 10.1 Å². The summed E-state index contributed by atoms with van der Waals surface area (Å²) in [6, 6.07) is 6.88. The van der Waals surface area contributed by atoms with Gasteiger partial charge in [-0.2, -0.15) is 0 Å². The third-order valence-corrected chi connectivity index (χ3v) is 3.23. The standard InChI is InChI=1S/C17H21FN2O/c1-4-5-21-16-9-14(10-20-11-16)17(19-3)13-6-12(2)7-15(18)8-13/h6-11,17,19H,4-5H2,1-3H3. The van der Waals surface area contributed by atoms with Gasteiger partial charge in [-0.3, -0.25) is 4.98 Å². The quantitative estimate of drug-likeness (QED) is 0.881. The van der Waals surface area contributed by atoms with Crippen LogP contribution >= 0.6 is 0 Å². The molecule has 1 aromatic heterocycles. The molecule has 0 fully saturated rings. The summed E-state index contributed by atoms with van der Waals surface area (Å²) >= 11 is 0. The van der Waals surface area contributed by atoms with Crippen LogP contribution in [0.15, 0.2) is 36.7 Å². The Morgan fingerprint density at radius 2 is 2.00 bits per heavy atom. The lowest BCUT2D eigenvalue weighted by atomic mass is 9.98. The van der Waals surface area contributed by atoms with Crippen LogP contribution in [-0.2, 0) is 0 Å². The molecule has 0 aliphatic carbocycles. The Morgan fingerprint density at radius 3 is 2.67 bits per heavy atom. The Hall–Kier alpha value is -1.94. The molecule has 0 saturated heterocycles. The highest BCUT2D eigenvalue weighted by molar-refractivity contribution is 5.36. The summed E-state index contributed by atoms with van der Waals surface area (Å²) in [5.74, 6) is 0.513. The molecule has 1 N–H and O–H groups in total. The smallest absolute Gasteiger partial charge is 0.137 e. The summed E-state index contributed by atoms with van der Waals surface area (Å²) < 4.78 is 19.2. The second-order valence-electron chi connectivity index (χ2n) is 5.09. The lowest BCUT2D eigenvalue weighted by molar-refractivity contribution is 0.315. The fourth-order valence-electron chi connectivity index (χ4n) is 2.35. The largest absolute Gasteiger partial charge is 0.492 e. The molecule has 21 heavy (non-hydrogen) atoms. The van der Waals surface area contributed by atoms with Crippen molar-refractivity contribution in [3.05, 3.63) is 59.2 Å². The molecule has 0 amide bonds. The van der Waals surface area contributed by atoms with Crippen LogP contribution in [0.3, 0.4) is 0 Å². The average molecular weight is 288 g/mol. The topological polar surface area (TPSA) is 34.1 Å². The number of aryl methyl sites for hydroxylation is 1. The van der Waals surface area contributed by atoms with E-state index < -0.39 is 0 Å². The number of ether oxygens (including phenoxy) is 1. The summed E-state index contributed by atoms with van der Waals surface area (Å²) in [5, 5.41) is 3.21. The van der Waals surface area contributed by atoms with Gasteiger partial charge in [0, 0.05) is 6.20 Å². The van der Waals surface area contributed by atoms with Gasteiger partial charge in [0.25, 0.3) is 0 Å². The van der Waals surface area contributed by atoms with E-state index in [1.165, 1.54) is 6.07 Å². The van der Waals surface area contributed by atoms with Crippen molar-refractivity contribution in [1.29, 1.82) is 0 Å². The van der Waals surface area contributed by atoms with Crippen LogP contribution in [0.2, 0.25) is 0 Å². The van der Waals surface area contributed by atoms with E-state index in [4.69, 9.17) is 4.74 Å². The Kier molecular flexibility index (Phi) is 5.28. The van der Waals surface area contributed by atoms with Crippen LogP contribution in [0.1, 0.15) is 36.1 Å². The molecule has 0 aliphatic heterocycles. The van der Waals surface area contributed by atoms with E-state index in [9.17, 15) is 4.39 Å². The first-order chi connectivity index (χ1) is 10.1. The molecule has 0 saturated carbocycles. The summed E-state index contributed by atoms with van der Waals surface area (Å²) in [6.07, 6.45) is 4.42. The maximum absolute atomic E-state index is 13.6. The zero-order valence-corrected chi connectivity index (χ0v) is 12.7. The number of nitrogens with zero attached hydrogens (tertiary/aromatic N) is 1. The number of halogens is 1. The van der Waals surface area contributed by atoms with Gasteiger partial charge in [-0.15, -0.1) is 0 Å². The van der Waals surface area contributed by atoms with Crippen molar-refractivity contribution >= 4 is 0 Å². The first-order valence-electron chi connectivity index (χ1n) is 7.16. The van der Waals surface area contributed by atoms with Crippen LogP contribution in [0.5, 0.6) is 5.75 Å². The molecular formula is C17H21FN2O. The molecule has 0 bridgehead atoms. The highest BCUT2D eigenvalue weighted by Crippen LogP contribution is 2.25. The third-order valence-electron chi connectivity index (χ3n) is 3.23. The van der Waals surface area contributed by atoms with Gasteiger partial charge in [-0.1, -0.05) is 13.0 Å². The van der Waals surface area contributed by atoms with Crippen molar-refractivity contribution < 1.29 is 9.13 Å². The molecule has 0 radical (unpaired) electrons. The van der Waals surface area contributed by atoms with Gasteiger partial charge in [-0.25, -0.2) is 4.39 Å². The predicted octanol–water partition coefficient (Wildman–Crippen LogP) is 3.63. The molecule has 1 atom stereocenters. The van der Waals surface area contributed by atoms with Crippen LogP contribution in [-0.4, -0.2) is 18.6 Å². The van der Waals surface area contributed by atoms with Crippen LogP contribution in [0.25, 0.3) is 0 Å². The summed E-state index contributed by atoms with van der Waals surface area (Å²) in [7, 11) is 1.85. The molecule has 0 spiro atoms. The average Bonchev–Trinajstić information content (AvgIpc) is 2.45. The maximum atomic E-state index is 13.6. The zero-order chi connectivity index (χ0) is 15.2. The van der Waals surface area contributed by atoms with E-state index in [-0.39, 0.29) is 11.9 Å². The van der Waals surface area contributed by atoms with E-state index >= 15 is 0 Å². The monoisotopic (exact) mass is 288 g/mol. The van der Waals surface area contributed by atoms with E-state index in [0.717, 1.165) is 28.9 Å². The number of benzene rings is 1. The minimum absolute atomic E-state index is 0.114. The van der Waals surface area contributed by atoms with Crippen LogP contribution < -0.4 is 10.1 Å². The third kappa shape index (κ3) is 4.02. The van der Waals surface area contributed by atoms with Crippen molar-refractivity contribution in [2.24, 2.45) is 0 Å². The molecule has 0 aliphatic rings. The minimum atomic E-state index is -0.225. The first-order valence-corrected chi connectivity index (χ1v) is 7.16. The van der Waals surface area contributed by atoms with E-state index in [1.807, 2.05) is 26.1 Å². The van der Waals surface area contributed by atoms with Gasteiger partial charge in [0.05, 0.1) is 18.8 Å². The number of hydrogen-bond acceptors (Lipinski definition) is 3. The van der Waals surface area contributed by atoms with E-state index in [0.29, 0.717) is 6.61 Å². The van der Waals surface area contributed by atoms with Gasteiger partial charge in [0.1, 0.15) is 11.6 Å². The van der Waals surface area contributed by atoms with Crippen molar-refractivity contribution in [1.82, 2.24) is 10.3 Å². The van der Waals surface area contributed by atoms with E-state index in [2.05, 4.69) is 17.2 Å². The number of hydrogen-bond donors (Lipinski definition) is 1. The van der Waals surface area contributed by atoms with Crippen molar-refractivity contribution in [3.8, 4) is 5.75 Å². The molecule has 1 heterocycles. The first kappa shape index (κ1) is 15.4. The maximum Gasteiger partial charge on any atom is 0.137 e.